The van der Waals surface area contributed by atoms with Crippen molar-refractivity contribution in [3.63, 3.8) is 0 Å². The number of nitrogens with zero attached hydrogens (tertiary/aromatic N) is 2. The smallest absolute Gasteiger partial charge is 0.222 e. The zero-order chi connectivity index (χ0) is 18.1. The highest BCUT2D eigenvalue weighted by molar-refractivity contribution is 5.77. The van der Waals surface area contributed by atoms with Gasteiger partial charge in [0.1, 0.15) is 11.3 Å². The molecule has 0 atom stereocenters. The highest BCUT2D eigenvalue weighted by Crippen LogP contribution is 2.28. The van der Waals surface area contributed by atoms with Gasteiger partial charge < -0.3 is 4.42 Å². The molecular formula is C22H23FN2O. The molecule has 0 radical (unpaired) electrons. The van der Waals surface area contributed by atoms with E-state index in [2.05, 4.69) is 41.9 Å². The molecule has 0 unspecified atom stereocenters. The zero-order valence-corrected chi connectivity index (χ0v) is 15.2. The van der Waals surface area contributed by atoms with Crippen molar-refractivity contribution in [2.24, 2.45) is 0 Å². The number of hydrogen-bond acceptors (Lipinski definition) is 3. The third-order valence-corrected chi connectivity index (χ3v) is 5.00. The number of halogens is 1. The van der Waals surface area contributed by atoms with Crippen LogP contribution in [-0.2, 0) is 6.54 Å². The molecule has 1 aromatic heterocycles. The summed E-state index contributed by atoms with van der Waals surface area (Å²) in [5.41, 5.74) is 4.90. The van der Waals surface area contributed by atoms with Gasteiger partial charge in [0.05, 0.1) is 0 Å². The molecule has 2 aromatic carbocycles. The molecule has 134 valence electrons. The summed E-state index contributed by atoms with van der Waals surface area (Å²) in [4.78, 5) is 6.93. The SMILES string of the molecule is CC(C)c1ccc2oc(C3=CCN(Cc4ccccc4F)CC3)nc2c1. The molecule has 4 rings (SSSR count). The van der Waals surface area contributed by atoms with Gasteiger partial charge in [0.25, 0.3) is 0 Å². The second-order valence-electron chi connectivity index (χ2n) is 7.21. The molecule has 0 fully saturated rings. The second kappa shape index (κ2) is 7.04. The first-order valence-corrected chi connectivity index (χ1v) is 9.16. The van der Waals surface area contributed by atoms with Gasteiger partial charge in [-0.2, -0.15) is 0 Å². The van der Waals surface area contributed by atoms with Gasteiger partial charge in [-0.1, -0.05) is 44.2 Å². The summed E-state index contributed by atoms with van der Waals surface area (Å²) in [6, 6.07) is 13.2. The van der Waals surface area contributed by atoms with Crippen LogP contribution in [0.3, 0.4) is 0 Å². The number of fused-ring (bicyclic) bond motifs is 1. The molecule has 0 saturated heterocycles. The lowest BCUT2D eigenvalue weighted by atomic mass is 10.0. The Morgan fingerprint density at radius 1 is 1.19 bits per heavy atom. The summed E-state index contributed by atoms with van der Waals surface area (Å²) in [6.45, 7) is 6.63. The van der Waals surface area contributed by atoms with Crippen LogP contribution in [0, 0.1) is 5.82 Å². The number of benzene rings is 2. The lowest BCUT2D eigenvalue weighted by molar-refractivity contribution is 0.288. The molecule has 0 amide bonds. The lowest BCUT2D eigenvalue weighted by Crippen LogP contribution is -2.28. The third-order valence-electron chi connectivity index (χ3n) is 5.00. The predicted octanol–water partition coefficient (Wildman–Crippen LogP) is 5.38. The van der Waals surface area contributed by atoms with Crippen LogP contribution in [0.15, 0.2) is 53.0 Å². The molecule has 2 heterocycles. The first-order chi connectivity index (χ1) is 12.6. The number of rotatable bonds is 4. The maximum atomic E-state index is 13.8. The maximum absolute atomic E-state index is 13.8. The minimum atomic E-state index is -0.137. The van der Waals surface area contributed by atoms with Crippen molar-refractivity contribution in [2.75, 3.05) is 13.1 Å². The molecule has 26 heavy (non-hydrogen) atoms. The van der Waals surface area contributed by atoms with E-state index in [0.29, 0.717) is 18.4 Å². The Morgan fingerprint density at radius 3 is 2.77 bits per heavy atom. The van der Waals surface area contributed by atoms with Crippen molar-refractivity contribution in [1.82, 2.24) is 9.88 Å². The standard InChI is InChI=1S/C22H23FN2O/c1-15(2)17-7-8-21-20(13-17)24-22(26-21)16-9-11-25(12-10-16)14-18-5-3-4-6-19(18)23/h3-9,13,15H,10-12,14H2,1-2H3. The summed E-state index contributed by atoms with van der Waals surface area (Å²) in [5.74, 6) is 1.05. The van der Waals surface area contributed by atoms with Crippen molar-refractivity contribution in [3.05, 3.63) is 71.4 Å². The Labute approximate surface area is 153 Å². The summed E-state index contributed by atoms with van der Waals surface area (Å²) >= 11 is 0. The predicted molar refractivity (Wildman–Crippen MR) is 102 cm³/mol. The Balaban J connectivity index is 1.50. The van der Waals surface area contributed by atoms with Gasteiger partial charge in [0, 0.05) is 30.8 Å². The van der Waals surface area contributed by atoms with Crippen molar-refractivity contribution in [2.45, 2.75) is 32.7 Å². The number of oxazole rings is 1. The van der Waals surface area contributed by atoms with E-state index in [4.69, 9.17) is 4.42 Å². The van der Waals surface area contributed by atoms with E-state index in [-0.39, 0.29) is 5.82 Å². The molecule has 0 N–H and O–H groups in total. The lowest BCUT2D eigenvalue weighted by Gasteiger charge is -2.25. The molecule has 1 aliphatic heterocycles. The maximum Gasteiger partial charge on any atom is 0.222 e. The van der Waals surface area contributed by atoms with Crippen LogP contribution in [0.2, 0.25) is 0 Å². The van der Waals surface area contributed by atoms with Gasteiger partial charge in [-0.15, -0.1) is 0 Å². The Bertz CT molecular complexity index is 958. The highest BCUT2D eigenvalue weighted by atomic mass is 19.1. The highest BCUT2D eigenvalue weighted by Gasteiger charge is 2.18. The minimum absolute atomic E-state index is 0.137. The third kappa shape index (κ3) is 3.42. The average molecular weight is 350 g/mol. The monoisotopic (exact) mass is 350 g/mol. The molecular weight excluding hydrogens is 327 g/mol. The molecule has 0 aliphatic carbocycles. The Morgan fingerprint density at radius 2 is 2.04 bits per heavy atom. The van der Waals surface area contributed by atoms with E-state index in [1.807, 2.05) is 18.2 Å². The van der Waals surface area contributed by atoms with Crippen molar-refractivity contribution in [3.8, 4) is 0 Å². The van der Waals surface area contributed by atoms with Gasteiger partial charge in [-0.3, -0.25) is 4.90 Å². The van der Waals surface area contributed by atoms with Gasteiger partial charge in [-0.05, 0) is 36.1 Å². The van der Waals surface area contributed by atoms with E-state index in [0.717, 1.165) is 41.7 Å². The van der Waals surface area contributed by atoms with Crippen LogP contribution in [-0.4, -0.2) is 23.0 Å². The summed E-state index contributed by atoms with van der Waals surface area (Å²) < 4.78 is 19.8. The quantitative estimate of drug-likeness (QED) is 0.633. The zero-order valence-electron chi connectivity index (χ0n) is 15.2. The molecule has 4 heteroatoms. The summed E-state index contributed by atoms with van der Waals surface area (Å²) in [5, 5.41) is 0. The van der Waals surface area contributed by atoms with E-state index in [1.165, 1.54) is 11.6 Å². The van der Waals surface area contributed by atoms with E-state index in [1.54, 1.807) is 6.07 Å². The van der Waals surface area contributed by atoms with Crippen LogP contribution in [0.25, 0.3) is 16.7 Å². The number of hydrogen-bond donors (Lipinski definition) is 0. The van der Waals surface area contributed by atoms with Crippen molar-refractivity contribution in [1.29, 1.82) is 0 Å². The van der Waals surface area contributed by atoms with Crippen molar-refractivity contribution >= 4 is 16.7 Å². The average Bonchev–Trinajstić information content (AvgIpc) is 3.07. The first kappa shape index (κ1) is 17.0. The van der Waals surface area contributed by atoms with Crippen LogP contribution < -0.4 is 0 Å². The molecule has 3 aromatic rings. The topological polar surface area (TPSA) is 29.3 Å². The van der Waals surface area contributed by atoms with Crippen LogP contribution in [0.4, 0.5) is 4.39 Å². The molecule has 3 nitrogen and oxygen atoms in total. The number of aromatic nitrogens is 1. The fraction of sp³-hybridized carbons (Fsp3) is 0.318. The largest absolute Gasteiger partial charge is 0.436 e. The fourth-order valence-electron chi connectivity index (χ4n) is 3.36. The summed E-state index contributed by atoms with van der Waals surface area (Å²) in [7, 11) is 0. The molecule has 1 aliphatic rings. The van der Waals surface area contributed by atoms with Crippen molar-refractivity contribution < 1.29 is 8.81 Å². The first-order valence-electron chi connectivity index (χ1n) is 9.16. The second-order valence-corrected chi connectivity index (χ2v) is 7.21. The van der Waals surface area contributed by atoms with Gasteiger partial charge in [0.2, 0.25) is 5.89 Å². The fourth-order valence-corrected chi connectivity index (χ4v) is 3.36. The van der Waals surface area contributed by atoms with Gasteiger partial charge in [-0.25, -0.2) is 9.37 Å². The Kier molecular flexibility index (Phi) is 4.60. The van der Waals surface area contributed by atoms with Crippen LogP contribution in [0.5, 0.6) is 0 Å². The molecule has 0 bridgehead atoms. The molecule has 0 spiro atoms. The van der Waals surface area contributed by atoms with E-state index >= 15 is 0 Å². The normalized spacial score (nSPS) is 15.6. The summed E-state index contributed by atoms with van der Waals surface area (Å²) in [6.07, 6.45) is 3.01. The van der Waals surface area contributed by atoms with Gasteiger partial charge in [0.15, 0.2) is 5.58 Å². The van der Waals surface area contributed by atoms with Crippen LogP contribution >= 0.6 is 0 Å². The minimum Gasteiger partial charge on any atom is -0.436 e. The van der Waals surface area contributed by atoms with E-state index in [9.17, 15) is 4.39 Å². The van der Waals surface area contributed by atoms with Crippen LogP contribution in [0.1, 0.15) is 43.2 Å². The molecule has 0 saturated carbocycles. The van der Waals surface area contributed by atoms with Gasteiger partial charge >= 0.3 is 0 Å². The Hall–Kier alpha value is -2.46. The van der Waals surface area contributed by atoms with E-state index < -0.39 is 0 Å².